The third-order valence-corrected chi connectivity index (χ3v) is 6.19. The number of benzene rings is 2. The summed E-state index contributed by atoms with van der Waals surface area (Å²) in [5.41, 5.74) is 1.41. The minimum atomic E-state index is -0.849. The number of urea groups is 1. The Kier molecular flexibility index (Phi) is 6.10. The maximum atomic E-state index is 13.2. The lowest BCUT2D eigenvalue weighted by Gasteiger charge is -2.27. The molecule has 0 spiro atoms. The van der Waals surface area contributed by atoms with Gasteiger partial charge in [0.15, 0.2) is 0 Å². The number of imide groups is 2. The molecule has 2 aliphatic rings. The van der Waals surface area contributed by atoms with Crippen LogP contribution < -0.4 is 10.2 Å². The van der Waals surface area contributed by atoms with Crippen LogP contribution >= 0.6 is 11.6 Å². The first kappa shape index (κ1) is 22.8. The molecule has 0 aliphatic carbocycles. The van der Waals surface area contributed by atoms with Crippen LogP contribution in [0.3, 0.4) is 0 Å². The molecule has 0 atom stereocenters. The summed E-state index contributed by atoms with van der Waals surface area (Å²) in [5, 5.41) is 3.33. The lowest BCUT2D eigenvalue weighted by molar-refractivity contribution is -0.135. The van der Waals surface area contributed by atoms with Crippen molar-refractivity contribution in [2.45, 2.75) is 6.54 Å². The number of carbonyl (C=O) groups is 4. The highest BCUT2D eigenvalue weighted by molar-refractivity contribution is 6.39. The van der Waals surface area contributed by atoms with Crippen molar-refractivity contribution < 1.29 is 23.9 Å². The number of carbonyl (C=O) groups excluding carboxylic acids is 4. The van der Waals surface area contributed by atoms with Gasteiger partial charge < -0.3 is 14.2 Å². The van der Waals surface area contributed by atoms with E-state index in [0.717, 1.165) is 15.8 Å². The van der Waals surface area contributed by atoms with Gasteiger partial charge in [-0.15, -0.1) is 0 Å². The van der Waals surface area contributed by atoms with Gasteiger partial charge in [-0.1, -0.05) is 35.9 Å². The zero-order valence-corrected chi connectivity index (χ0v) is 19.3. The van der Waals surface area contributed by atoms with Gasteiger partial charge in [0.05, 0.1) is 18.9 Å². The Hall–Kier alpha value is -3.95. The predicted molar refractivity (Wildman–Crippen MR) is 130 cm³/mol. The van der Waals surface area contributed by atoms with E-state index >= 15 is 0 Å². The second-order valence-electron chi connectivity index (χ2n) is 8.16. The second-order valence-corrected chi connectivity index (χ2v) is 8.60. The molecule has 2 saturated heterocycles. The summed E-state index contributed by atoms with van der Waals surface area (Å²) in [5.74, 6) is -1.60. The average Bonchev–Trinajstić information content (AvgIpc) is 3.19. The molecule has 0 bridgehead atoms. The number of fused-ring (bicyclic) bond motifs is 1. The summed E-state index contributed by atoms with van der Waals surface area (Å²) in [6.45, 7) is 2.20. The number of rotatable bonds is 4. The lowest BCUT2D eigenvalue weighted by atomic mass is 10.1. The summed E-state index contributed by atoms with van der Waals surface area (Å²) in [6.07, 6.45) is 3.18. The number of morpholine rings is 1. The molecule has 2 aliphatic heterocycles. The number of ether oxygens (including phenoxy) is 1. The van der Waals surface area contributed by atoms with Crippen molar-refractivity contribution in [2.24, 2.45) is 0 Å². The van der Waals surface area contributed by atoms with Crippen molar-refractivity contribution in [3.8, 4) is 0 Å². The van der Waals surface area contributed by atoms with Crippen molar-refractivity contribution in [1.82, 2.24) is 14.8 Å². The zero-order valence-electron chi connectivity index (χ0n) is 18.6. The summed E-state index contributed by atoms with van der Waals surface area (Å²) >= 11 is 6.03. The number of hydrogen-bond donors (Lipinski definition) is 1. The normalized spacial score (nSPS) is 17.9. The van der Waals surface area contributed by atoms with Gasteiger partial charge in [0.2, 0.25) is 5.91 Å². The zero-order chi connectivity index (χ0) is 24.5. The monoisotopic (exact) mass is 492 g/mol. The van der Waals surface area contributed by atoms with Crippen molar-refractivity contribution >= 4 is 58.0 Å². The Labute approximate surface area is 205 Å². The maximum Gasteiger partial charge on any atom is 0.335 e. The molecule has 2 fully saturated rings. The third kappa shape index (κ3) is 4.43. The Morgan fingerprint density at radius 2 is 1.83 bits per heavy atom. The fourth-order valence-corrected chi connectivity index (χ4v) is 4.43. The Balaban J connectivity index is 1.51. The summed E-state index contributed by atoms with van der Waals surface area (Å²) in [7, 11) is 0. The van der Waals surface area contributed by atoms with E-state index < -0.39 is 17.8 Å². The number of anilines is 1. The summed E-state index contributed by atoms with van der Waals surface area (Å²) in [6, 6.07) is 12.8. The molecular formula is C25H21ClN4O5. The van der Waals surface area contributed by atoms with Gasteiger partial charge in [0.1, 0.15) is 12.1 Å². The lowest BCUT2D eigenvalue weighted by Crippen LogP contribution is -2.54. The van der Waals surface area contributed by atoms with E-state index in [-0.39, 0.29) is 23.7 Å². The molecule has 3 aromatic rings. The van der Waals surface area contributed by atoms with E-state index in [4.69, 9.17) is 16.3 Å². The van der Waals surface area contributed by atoms with Crippen LogP contribution in [0.15, 0.2) is 60.3 Å². The first-order valence-electron chi connectivity index (χ1n) is 11.0. The van der Waals surface area contributed by atoms with Crippen LogP contribution in [0, 0.1) is 0 Å². The fraction of sp³-hybridized carbons (Fsp3) is 0.200. The van der Waals surface area contributed by atoms with Crippen molar-refractivity contribution in [3.63, 3.8) is 0 Å². The molecule has 0 unspecified atom stereocenters. The number of para-hydroxylation sites is 1. The Morgan fingerprint density at radius 1 is 1.06 bits per heavy atom. The second kappa shape index (κ2) is 9.36. The predicted octanol–water partition coefficient (Wildman–Crippen LogP) is 2.82. The highest BCUT2D eigenvalue weighted by Crippen LogP contribution is 2.27. The van der Waals surface area contributed by atoms with Crippen molar-refractivity contribution in [3.05, 3.63) is 70.9 Å². The topological polar surface area (TPSA) is 101 Å². The molecule has 5 rings (SSSR count). The molecule has 1 aromatic heterocycles. The van der Waals surface area contributed by atoms with Crippen LogP contribution in [0.25, 0.3) is 17.0 Å². The van der Waals surface area contributed by atoms with Gasteiger partial charge >= 0.3 is 6.03 Å². The van der Waals surface area contributed by atoms with Gasteiger partial charge in [-0.2, -0.15) is 0 Å². The van der Waals surface area contributed by atoms with Gasteiger partial charge in [0, 0.05) is 40.8 Å². The van der Waals surface area contributed by atoms with Gasteiger partial charge in [-0.25, -0.2) is 9.69 Å². The quantitative estimate of drug-likeness (QED) is 0.446. The largest absolute Gasteiger partial charge is 0.378 e. The van der Waals surface area contributed by atoms with Crippen LogP contribution in [0.4, 0.5) is 10.5 Å². The molecule has 10 heteroatoms. The molecule has 35 heavy (non-hydrogen) atoms. The van der Waals surface area contributed by atoms with Crippen LogP contribution in [0.2, 0.25) is 5.02 Å². The smallest absolute Gasteiger partial charge is 0.335 e. The van der Waals surface area contributed by atoms with E-state index in [1.54, 1.807) is 33.9 Å². The molecule has 3 heterocycles. The SMILES string of the molecule is O=C1NC(=O)N(c2cccc(Cl)c2)C(=O)/C1=C/c1cn(CC(=O)N2CCOCC2)c2ccccc12. The number of nitrogens with one attached hydrogen (secondary N) is 1. The number of halogens is 1. The first-order valence-corrected chi connectivity index (χ1v) is 11.4. The number of amides is 5. The van der Waals surface area contributed by atoms with Crippen LogP contribution in [0.5, 0.6) is 0 Å². The van der Waals surface area contributed by atoms with Gasteiger partial charge in [-0.05, 0) is 30.3 Å². The molecule has 2 aromatic carbocycles. The minimum absolute atomic E-state index is 0.0440. The summed E-state index contributed by atoms with van der Waals surface area (Å²) in [4.78, 5) is 53.8. The molecule has 9 nitrogen and oxygen atoms in total. The summed E-state index contributed by atoms with van der Waals surface area (Å²) < 4.78 is 7.12. The van der Waals surface area contributed by atoms with E-state index in [1.165, 1.54) is 12.1 Å². The van der Waals surface area contributed by atoms with E-state index in [9.17, 15) is 19.2 Å². The van der Waals surface area contributed by atoms with E-state index in [2.05, 4.69) is 5.32 Å². The van der Waals surface area contributed by atoms with Crippen LogP contribution in [-0.4, -0.2) is 59.5 Å². The van der Waals surface area contributed by atoms with Gasteiger partial charge in [-0.3, -0.25) is 19.7 Å². The molecule has 5 amide bonds. The molecular weight excluding hydrogens is 472 g/mol. The minimum Gasteiger partial charge on any atom is -0.378 e. The number of aromatic nitrogens is 1. The first-order chi connectivity index (χ1) is 16.9. The van der Waals surface area contributed by atoms with Crippen LogP contribution in [0.1, 0.15) is 5.56 Å². The van der Waals surface area contributed by atoms with Crippen LogP contribution in [-0.2, 0) is 25.7 Å². The molecule has 178 valence electrons. The Bertz CT molecular complexity index is 1390. The van der Waals surface area contributed by atoms with E-state index in [1.807, 2.05) is 24.3 Å². The molecule has 1 N–H and O–H groups in total. The number of barbiturate groups is 1. The van der Waals surface area contributed by atoms with Gasteiger partial charge in [0.25, 0.3) is 11.8 Å². The highest BCUT2D eigenvalue weighted by atomic mass is 35.5. The van der Waals surface area contributed by atoms with Crippen molar-refractivity contribution in [1.29, 1.82) is 0 Å². The highest BCUT2D eigenvalue weighted by Gasteiger charge is 2.37. The number of hydrogen-bond acceptors (Lipinski definition) is 5. The molecule has 0 saturated carbocycles. The third-order valence-electron chi connectivity index (χ3n) is 5.96. The number of nitrogens with zero attached hydrogens (tertiary/aromatic N) is 3. The Morgan fingerprint density at radius 3 is 2.60 bits per heavy atom. The molecule has 0 radical (unpaired) electrons. The maximum absolute atomic E-state index is 13.2. The standard InChI is InChI=1S/C25H21ClN4O5/c26-17-4-3-5-18(13-17)30-24(33)20(23(32)27-25(30)34)12-16-14-29(21-7-2-1-6-19(16)21)15-22(31)28-8-10-35-11-9-28/h1-7,12-14H,8-11,15H2,(H,27,32,34)/b20-12+. The average molecular weight is 493 g/mol. The van der Waals surface area contributed by atoms with Crippen molar-refractivity contribution in [2.75, 3.05) is 31.2 Å². The fourth-order valence-electron chi connectivity index (χ4n) is 4.24. The van der Waals surface area contributed by atoms with E-state index in [0.29, 0.717) is 36.9 Å².